The first-order valence-electron chi connectivity index (χ1n) is 4.98. The van der Waals surface area contributed by atoms with Crippen LogP contribution in [0.25, 0.3) is 0 Å². The molecule has 1 aliphatic heterocycles. The third-order valence-corrected chi connectivity index (χ3v) is 2.10. The summed E-state index contributed by atoms with van der Waals surface area (Å²) in [5, 5.41) is 10.4. The van der Waals surface area contributed by atoms with E-state index in [9.17, 15) is 14.4 Å². The van der Waals surface area contributed by atoms with E-state index in [1.54, 1.807) is 0 Å². The highest BCUT2D eigenvalue weighted by molar-refractivity contribution is 5.95. The lowest BCUT2D eigenvalue weighted by atomic mass is 10.4. The summed E-state index contributed by atoms with van der Waals surface area (Å²) >= 11 is 0. The zero-order valence-electron chi connectivity index (χ0n) is 8.77. The number of ether oxygens (including phenoxy) is 1. The topological polar surface area (TPSA) is 95.9 Å². The fourth-order valence-electron chi connectivity index (χ4n) is 1.39. The van der Waals surface area contributed by atoms with Crippen molar-refractivity contribution in [2.75, 3.05) is 26.3 Å². The van der Waals surface area contributed by atoms with E-state index in [4.69, 9.17) is 5.11 Å². The number of carbonyl (C=O) groups excluding carboxylic acids is 2. The van der Waals surface area contributed by atoms with Gasteiger partial charge in [0.2, 0.25) is 0 Å². The van der Waals surface area contributed by atoms with Crippen molar-refractivity contribution in [2.45, 2.75) is 12.8 Å². The minimum absolute atomic E-state index is 0.425. The second-order valence-corrected chi connectivity index (χ2v) is 3.43. The molecule has 0 radical (unpaired) electrons. The Morgan fingerprint density at radius 1 is 1.19 bits per heavy atom. The van der Waals surface area contributed by atoms with Gasteiger partial charge in [-0.2, -0.15) is 0 Å². The molecule has 1 aliphatic rings. The molecule has 0 spiro atoms. The molecule has 7 heteroatoms. The SMILES string of the molecule is O=C(O)COCC(=O)NC(=O)N1CCCC1. The molecule has 0 aromatic heterocycles. The lowest BCUT2D eigenvalue weighted by Gasteiger charge is -2.14. The van der Waals surface area contributed by atoms with Crippen LogP contribution in [0.5, 0.6) is 0 Å². The minimum atomic E-state index is -1.15. The van der Waals surface area contributed by atoms with E-state index >= 15 is 0 Å². The summed E-state index contributed by atoms with van der Waals surface area (Å²) in [7, 11) is 0. The molecule has 0 aromatic carbocycles. The number of amides is 3. The summed E-state index contributed by atoms with van der Waals surface area (Å²) in [6.45, 7) is 0.321. The molecule has 0 aromatic rings. The Kier molecular flexibility index (Phi) is 4.71. The summed E-state index contributed by atoms with van der Waals surface area (Å²) in [6, 6.07) is -0.443. The van der Waals surface area contributed by atoms with Crippen molar-refractivity contribution < 1.29 is 24.2 Å². The van der Waals surface area contributed by atoms with Crippen LogP contribution in [0.15, 0.2) is 0 Å². The van der Waals surface area contributed by atoms with Gasteiger partial charge in [0.15, 0.2) is 0 Å². The Bertz CT molecular complexity index is 286. The van der Waals surface area contributed by atoms with Gasteiger partial charge in [-0.3, -0.25) is 10.1 Å². The van der Waals surface area contributed by atoms with Crippen molar-refractivity contribution in [3.63, 3.8) is 0 Å². The zero-order valence-corrected chi connectivity index (χ0v) is 8.77. The van der Waals surface area contributed by atoms with E-state index < -0.39 is 31.1 Å². The molecule has 0 bridgehead atoms. The van der Waals surface area contributed by atoms with Crippen LogP contribution in [-0.2, 0) is 14.3 Å². The van der Waals surface area contributed by atoms with E-state index in [2.05, 4.69) is 10.1 Å². The van der Waals surface area contributed by atoms with Gasteiger partial charge in [0, 0.05) is 13.1 Å². The maximum Gasteiger partial charge on any atom is 0.329 e. The fourth-order valence-corrected chi connectivity index (χ4v) is 1.39. The first-order chi connectivity index (χ1) is 7.59. The van der Waals surface area contributed by atoms with E-state index in [0.717, 1.165) is 12.8 Å². The molecule has 1 rings (SSSR count). The summed E-state index contributed by atoms with van der Waals surface area (Å²) < 4.78 is 4.54. The molecule has 0 atom stereocenters. The number of rotatable bonds is 4. The molecule has 0 aliphatic carbocycles. The lowest BCUT2D eigenvalue weighted by Crippen LogP contribution is -2.42. The predicted octanol–water partition coefficient (Wildman–Crippen LogP) is -0.580. The highest BCUT2D eigenvalue weighted by atomic mass is 16.5. The maximum atomic E-state index is 11.4. The van der Waals surface area contributed by atoms with Crippen LogP contribution < -0.4 is 5.32 Å². The highest BCUT2D eigenvalue weighted by Gasteiger charge is 2.19. The number of aliphatic carboxylic acids is 1. The molecule has 1 saturated heterocycles. The van der Waals surface area contributed by atoms with Gasteiger partial charge in [-0.15, -0.1) is 0 Å². The molecular formula is C9H14N2O5. The van der Waals surface area contributed by atoms with Gasteiger partial charge in [0.05, 0.1) is 0 Å². The first-order valence-corrected chi connectivity index (χ1v) is 4.98. The third kappa shape index (κ3) is 4.26. The van der Waals surface area contributed by atoms with Crippen molar-refractivity contribution in [2.24, 2.45) is 0 Å². The molecule has 90 valence electrons. The average Bonchev–Trinajstić information content (AvgIpc) is 2.69. The number of carboxylic acids is 1. The Labute approximate surface area is 92.4 Å². The van der Waals surface area contributed by atoms with E-state index in [1.165, 1.54) is 4.90 Å². The van der Waals surface area contributed by atoms with Crippen molar-refractivity contribution in [1.82, 2.24) is 10.2 Å². The minimum Gasteiger partial charge on any atom is -0.480 e. The Hall–Kier alpha value is -1.63. The van der Waals surface area contributed by atoms with Gasteiger partial charge in [0.1, 0.15) is 13.2 Å². The summed E-state index contributed by atoms with van der Waals surface area (Å²) in [6.07, 6.45) is 1.88. The van der Waals surface area contributed by atoms with Gasteiger partial charge in [-0.05, 0) is 12.8 Å². The summed E-state index contributed by atoms with van der Waals surface area (Å²) in [5.41, 5.74) is 0. The number of imide groups is 1. The van der Waals surface area contributed by atoms with Crippen LogP contribution >= 0.6 is 0 Å². The van der Waals surface area contributed by atoms with Gasteiger partial charge < -0.3 is 14.7 Å². The molecule has 0 unspecified atom stereocenters. The van der Waals surface area contributed by atoms with Crippen molar-refractivity contribution in [3.8, 4) is 0 Å². The normalized spacial score (nSPS) is 14.9. The van der Waals surface area contributed by atoms with E-state index in [-0.39, 0.29) is 0 Å². The third-order valence-electron chi connectivity index (χ3n) is 2.10. The quantitative estimate of drug-likeness (QED) is 0.673. The summed E-state index contributed by atoms with van der Waals surface area (Å²) in [4.78, 5) is 34.1. The number of carboxylic acid groups (broad SMARTS) is 1. The molecule has 16 heavy (non-hydrogen) atoms. The van der Waals surface area contributed by atoms with Crippen LogP contribution in [-0.4, -0.2) is 54.2 Å². The molecule has 1 fully saturated rings. The summed E-state index contributed by atoms with van der Waals surface area (Å²) in [5.74, 6) is -1.78. The van der Waals surface area contributed by atoms with Crippen LogP contribution in [0.4, 0.5) is 4.79 Å². The van der Waals surface area contributed by atoms with Crippen LogP contribution in [0, 0.1) is 0 Å². The Morgan fingerprint density at radius 2 is 1.81 bits per heavy atom. The zero-order chi connectivity index (χ0) is 12.0. The van der Waals surface area contributed by atoms with Crippen LogP contribution in [0.1, 0.15) is 12.8 Å². The number of hydrogen-bond donors (Lipinski definition) is 2. The number of urea groups is 1. The number of likely N-dealkylation sites (tertiary alicyclic amines) is 1. The predicted molar refractivity (Wildman–Crippen MR) is 52.8 cm³/mol. The molecule has 3 amide bonds. The van der Waals surface area contributed by atoms with Gasteiger partial charge >= 0.3 is 12.0 Å². The van der Waals surface area contributed by atoms with Crippen molar-refractivity contribution >= 4 is 17.9 Å². The van der Waals surface area contributed by atoms with E-state index in [1.807, 2.05) is 0 Å². The molecule has 0 saturated carbocycles. The van der Waals surface area contributed by atoms with E-state index in [0.29, 0.717) is 13.1 Å². The second kappa shape index (κ2) is 6.06. The molecular weight excluding hydrogens is 216 g/mol. The van der Waals surface area contributed by atoms with Gasteiger partial charge in [-0.1, -0.05) is 0 Å². The molecule has 2 N–H and O–H groups in total. The smallest absolute Gasteiger partial charge is 0.329 e. The van der Waals surface area contributed by atoms with Gasteiger partial charge in [0.25, 0.3) is 5.91 Å². The number of carbonyl (C=O) groups is 3. The lowest BCUT2D eigenvalue weighted by molar-refractivity contribution is -0.143. The number of nitrogens with one attached hydrogen (secondary N) is 1. The average molecular weight is 230 g/mol. The largest absolute Gasteiger partial charge is 0.480 e. The molecule has 7 nitrogen and oxygen atoms in total. The standard InChI is InChI=1S/C9H14N2O5/c12-7(5-16-6-8(13)14)10-9(15)11-3-1-2-4-11/h1-6H2,(H,13,14)(H,10,12,15). The first kappa shape index (κ1) is 12.4. The Balaban J connectivity index is 2.17. The van der Waals surface area contributed by atoms with Crippen LogP contribution in [0.2, 0.25) is 0 Å². The second-order valence-electron chi connectivity index (χ2n) is 3.43. The Morgan fingerprint density at radius 3 is 2.38 bits per heavy atom. The molecule has 1 heterocycles. The van der Waals surface area contributed by atoms with Crippen molar-refractivity contribution in [3.05, 3.63) is 0 Å². The fraction of sp³-hybridized carbons (Fsp3) is 0.667. The number of hydrogen-bond acceptors (Lipinski definition) is 4. The maximum absolute atomic E-state index is 11.4. The van der Waals surface area contributed by atoms with Crippen LogP contribution in [0.3, 0.4) is 0 Å². The number of nitrogens with zero attached hydrogens (tertiary/aromatic N) is 1. The van der Waals surface area contributed by atoms with Gasteiger partial charge in [-0.25, -0.2) is 9.59 Å². The monoisotopic (exact) mass is 230 g/mol. The highest BCUT2D eigenvalue weighted by Crippen LogP contribution is 2.06. The van der Waals surface area contributed by atoms with Crippen molar-refractivity contribution in [1.29, 1.82) is 0 Å².